The SMILES string of the molecule is NCCc1cccc(-c2ccc(CN3CCOCC3)cc2)c1. The van der Waals surface area contributed by atoms with Gasteiger partial charge in [-0.1, -0.05) is 48.5 Å². The molecule has 0 amide bonds. The van der Waals surface area contributed by atoms with Crippen molar-refractivity contribution < 1.29 is 4.74 Å². The molecule has 0 unspecified atom stereocenters. The van der Waals surface area contributed by atoms with E-state index in [1.807, 2.05) is 0 Å². The van der Waals surface area contributed by atoms with Crippen LogP contribution in [0.2, 0.25) is 0 Å². The number of ether oxygens (including phenoxy) is 1. The smallest absolute Gasteiger partial charge is 0.0594 e. The van der Waals surface area contributed by atoms with Crippen molar-refractivity contribution in [3.05, 3.63) is 59.7 Å². The molecule has 1 aliphatic heterocycles. The number of hydrogen-bond acceptors (Lipinski definition) is 3. The summed E-state index contributed by atoms with van der Waals surface area (Å²) in [4.78, 5) is 2.44. The van der Waals surface area contributed by atoms with Gasteiger partial charge in [0.05, 0.1) is 13.2 Å². The molecule has 2 N–H and O–H groups in total. The Morgan fingerprint density at radius 3 is 2.41 bits per heavy atom. The Hall–Kier alpha value is -1.68. The van der Waals surface area contributed by atoms with Crippen LogP contribution in [0.5, 0.6) is 0 Å². The minimum absolute atomic E-state index is 0.696. The largest absolute Gasteiger partial charge is 0.379 e. The Morgan fingerprint density at radius 1 is 0.909 bits per heavy atom. The molecule has 2 aromatic carbocycles. The van der Waals surface area contributed by atoms with Crippen molar-refractivity contribution in [2.75, 3.05) is 32.8 Å². The normalized spacial score (nSPS) is 15.9. The summed E-state index contributed by atoms with van der Waals surface area (Å²) in [7, 11) is 0. The fourth-order valence-electron chi connectivity index (χ4n) is 2.89. The van der Waals surface area contributed by atoms with Crippen LogP contribution in [0.15, 0.2) is 48.5 Å². The third-order valence-corrected chi connectivity index (χ3v) is 4.16. The molecule has 0 radical (unpaired) electrons. The van der Waals surface area contributed by atoms with E-state index in [0.717, 1.165) is 39.3 Å². The third-order valence-electron chi connectivity index (χ3n) is 4.16. The van der Waals surface area contributed by atoms with Gasteiger partial charge in [-0.05, 0) is 35.2 Å². The third kappa shape index (κ3) is 3.95. The molecule has 0 bridgehead atoms. The molecule has 0 aliphatic carbocycles. The molecule has 1 aliphatic rings. The van der Waals surface area contributed by atoms with Crippen molar-refractivity contribution in [1.29, 1.82) is 0 Å². The van der Waals surface area contributed by atoms with E-state index in [2.05, 4.69) is 53.4 Å². The highest BCUT2D eigenvalue weighted by molar-refractivity contribution is 5.64. The molecule has 22 heavy (non-hydrogen) atoms. The van der Waals surface area contributed by atoms with Crippen LogP contribution in [0.1, 0.15) is 11.1 Å². The fourth-order valence-corrected chi connectivity index (χ4v) is 2.89. The summed E-state index contributed by atoms with van der Waals surface area (Å²) < 4.78 is 5.39. The van der Waals surface area contributed by atoms with Crippen LogP contribution in [0.25, 0.3) is 11.1 Å². The van der Waals surface area contributed by atoms with E-state index >= 15 is 0 Å². The summed E-state index contributed by atoms with van der Waals surface area (Å²) in [5.41, 5.74) is 10.8. The molecule has 1 saturated heterocycles. The zero-order valence-electron chi connectivity index (χ0n) is 13.0. The quantitative estimate of drug-likeness (QED) is 0.922. The van der Waals surface area contributed by atoms with E-state index in [9.17, 15) is 0 Å². The molecule has 3 rings (SSSR count). The van der Waals surface area contributed by atoms with Crippen LogP contribution < -0.4 is 5.73 Å². The van der Waals surface area contributed by atoms with Gasteiger partial charge >= 0.3 is 0 Å². The van der Waals surface area contributed by atoms with Crippen molar-refractivity contribution in [3.63, 3.8) is 0 Å². The molecule has 2 aromatic rings. The number of benzene rings is 2. The van der Waals surface area contributed by atoms with Crippen molar-refractivity contribution in [2.24, 2.45) is 5.73 Å². The second-order valence-corrected chi connectivity index (χ2v) is 5.82. The summed E-state index contributed by atoms with van der Waals surface area (Å²) in [6.07, 6.45) is 0.933. The van der Waals surface area contributed by atoms with E-state index in [1.54, 1.807) is 0 Å². The fraction of sp³-hybridized carbons (Fsp3) is 0.368. The standard InChI is InChI=1S/C19H24N2O/c20-9-8-16-2-1-3-19(14-16)18-6-4-17(5-7-18)15-21-10-12-22-13-11-21/h1-7,14H,8-13,15,20H2. The summed E-state index contributed by atoms with van der Waals surface area (Å²) in [6, 6.07) is 17.6. The van der Waals surface area contributed by atoms with E-state index in [0.29, 0.717) is 6.54 Å². The van der Waals surface area contributed by atoms with Gasteiger partial charge in [-0.25, -0.2) is 0 Å². The number of nitrogens with two attached hydrogens (primary N) is 1. The van der Waals surface area contributed by atoms with Crippen molar-refractivity contribution in [3.8, 4) is 11.1 Å². The summed E-state index contributed by atoms with van der Waals surface area (Å²) in [5, 5.41) is 0. The van der Waals surface area contributed by atoms with Crippen LogP contribution in [0.3, 0.4) is 0 Å². The van der Waals surface area contributed by atoms with Crippen LogP contribution in [0, 0.1) is 0 Å². The zero-order valence-corrected chi connectivity index (χ0v) is 13.0. The molecule has 0 saturated carbocycles. The molecule has 0 spiro atoms. The second kappa shape index (κ2) is 7.54. The van der Waals surface area contributed by atoms with Gasteiger partial charge in [0, 0.05) is 19.6 Å². The Bertz CT molecular complexity index is 589. The first-order valence-electron chi connectivity index (χ1n) is 8.03. The maximum atomic E-state index is 5.64. The second-order valence-electron chi connectivity index (χ2n) is 5.82. The highest BCUT2D eigenvalue weighted by Crippen LogP contribution is 2.21. The first-order valence-corrected chi connectivity index (χ1v) is 8.03. The van der Waals surface area contributed by atoms with E-state index < -0.39 is 0 Å². The van der Waals surface area contributed by atoms with Gasteiger partial charge in [-0.2, -0.15) is 0 Å². The summed E-state index contributed by atoms with van der Waals surface area (Å²) in [6.45, 7) is 5.47. The average Bonchev–Trinajstić information content (AvgIpc) is 2.57. The maximum absolute atomic E-state index is 5.64. The molecular formula is C19H24N2O. The van der Waals surface area contributed by atoms with E-state index in [-0.39, 0.29) is 0 Å². The predicted octanol–water partition coefficient (Wildman–Crippen LogP) is 2.69. The Morgan fingerprint density at radius 2 is 1.68 bits per heavy atom. The van der Waals surface area contributed by atoms with Crippen molar-refractivity contribution in [2.45, 2.75) is 13.0 Å². The van der Waals surface area contributed by atoms with Crippen molar-refractivity contribution >= 4 is 0 Å². The Labute approximate surface area is 132 Å². The van der Waals surface area contributed by atoms with Gasteiger partial charge in [-0.3, -0.25) is 4.90 Å². The molecule has 0 aromatic heterocycles. The lowest BCUT2D eigenvalue weighted by Gasteiger charge is -2.26. The minimum atomic E-state index is 0.696. The molecule has 1 fully saturated rings. The summed E-state index contributed by atoms with van der Waals surface area (Å²) in [5.74, 6) is 0. The predicted molar refractivity (Wildman–Crippen MR) is 90.7 cm³/mol. The number of morpholine rings is 1. The van der Waals surface area contributed by atoms with E-state index in [1.165, 1.54) is 22.3 Å². The number of nitrogens with zero attached hydrogens (tertiary/aromatic N) is 1. The maximum Gasteiger partial charge on any atom is 0.0594 e. The monoisotopic (exact) mass is 296 g/mol. The summed E-state index contributed by atoms with van der Waals surface area (Å²) >= 11 is 0. The minimum Gasteiger partial charge on any atom is -0.379 e. The molecule has 0 atom stereocenters. The highest BCUT2D eigenvalue weighted by atomic mass is 16.5. The first-order chi connectivity index (χ1) is 10.8. The number of rotatable bonds is 5. The lowest BCUT2D eigenvalue weighted by atomic mass is 10.0. The molecular weight excluding hydrogens is 272 g/mol. The van der Waals surface area contributed by atoms with Crippen LogP contribution in [-0.4, -0.2) is 37.7 Å². The van der Waals surface area contributed by atoms with Crippen LogP contribution in [0.4, 0.5) is 0 Å². The molecule has 116 valence electrons. The van der Waals surface area contributed by atoms with Crippen LogP contribution in [-0.2, 0) is 17.7 Å². The topological polar surface area (TPSA) is 38.5 Å². The molecule has 3 nitrogen and oxygen atoms in total. The van der Waals surface area contributed by atoms with Gasteiger partial charge < -0.3 is 10.5 Å². The van der Waals surface area contributed by atoms with Crippen LogP contribution >= 0.6 is 0 Å². The zero-order chi connectivity index (χ0) is 15.2. The first kappa shape index (κ1) is 15.2. The van der Waals surface area contributed by atoms with Gasteiger partial charge in [0.2, 0.25) is 0 Å². The molecule has 3 heteroatoms. The van der Waals surface area contributed by atoms with Gasteiger partial charge in [-0.15, -0.1) is 0 Å². The lowest BCUT2D eigenvalue weighted by molar-refractivity contribution is 0.0342. The van der Waals surface area contributed by atoms with Gasteiger partial charge in [0.25, 0.3) is 0 Å². The van der Waals surface area contributed by atoms with Gasteiger partial charge in [0.15, 0.2) is 0 Å². The average molecular weight is 296 g/mol. The Kier molecular flexibility index (Phi) is 5.22. The number of hydrogen-bond donors (Lipinski definition) is 1. The van der Waals surface area contributed by atoms with Gasteiger partial charge in [0.1, 0.15) is 0 Å². The van der Waals surface area contributed by atoms with E-state index in [4.69, 9.17) is 10.5 Å². The lowest BCUT2D eigenvalue weighted by Crippen LogP contribution is -2.35. The Balaban J connectivity index is 1.69. The molecule has 1 heterocycles. The van der Waals surface area contributed by atoms with Crippen molar-refractivity contribution in [1.82, 2.24) is 4.90 Å². The highest BCUT2D eigenvalue weighted by Gasteiger charge is 2.10.